The molecule has 174 valence electrons. The van der Waals surface area contributed by atoms with E-state index in [1.165, 1.54) is 11.8 Å². The number of carbonyl (C=O) groups excluding carboxylic acids is 1. The molecule has 1 N–H and O–H groups in total. The third kappa shape index (κ3) is 5.26. The lowest BCUT2D eigenvalue weighted by atomic mass is 10.1. The van der Waals surface area contributed by atoms with Crippen molar-refractivity contribution in [1.29, 1.82) is 0 Å². The molecule has 1 aromatic heterocycles. The predicted octanol–water partition coefficient (Wildman–Crippen LogP) is 4.64. The first-order valence-corrected chi connectivity index (χ1v) is 12.4. The second kappa shape index (κ2) is 10.6. The molecular formula is C25H24ClN5O2S. The van der Waals surface area contributed by atoms with E-state index in [9.17, 15) is 4.79 Å². The van der Waals surface area contributed by atoms with Crippen LogP contribution in [-0.4, -0.2) is 57.6 Å². The van der Waals surface area contributed by atoms with Gasteiger partial charge in [-0.1, -0.05) is 59.8 Å². The van der Waals surface area contributed by atoms with E-state index in [0.29, 0.717) is 29.9 Å². The number of morpholine rings is 1. The number of carbonyl (C=O) groups is 1. The van der Waals surface area contributed by atoms with Crippen molar-refractivity contribution in [2.24, 2.45) is 0 Å². The molecule has 1 aliphatic heterocycles. The van der Waals surface area contributed by atoms with Gasteiger partial charge in [0.15, 0.2) is 11.0 Å². The van der Waals surface area contributed by atoms with Crippen LogP contribution in [0.25, 0.3) is 16.5 Å². The van der Waals surface area contributed by atoms with Crippen molar-refractivity contribution in [2.75, 3.05) is 37.4 Å². The number of rotatable bonds is 7. The first-order chi connectivity index (χ1) is 16.7. The Morgan fingerprint density at radius 2 is 1.76 bits per heavy atom. The molecule has 1 fully saturated rings. The van der Waals surface area contributed by atoms with E-state index >= 15 is 0 Å². The maximum Gasteiger partial charge on any atom is 0.234 e. The molecular weight excluding hydrogens is 470 g/mol. The average molecular weight is 494 g/mol. The topological polar surface area (TPSA) is 72.3 Å². The predicted molar refractivity (Wildman–Crippen MR) is 136 cm³/mol. The highest BCUT2D eigenvalue weighted by Gasteiger charge is 2.20. The summed E-state index contributed by atoms with van der Waals surface area (Å²) in [6.07, 6.45) is 0. The fourth-order valence-electron chi connectivity index (χ4n) is 3.96. The number of nitrogens with zero attached hydrogens (tertiary/aromatic N) is 4. The van der Waals surface area contributed by atoms with Crippen LogP contribution in [0, 0.1) is 0 Å². The molecule has 0 bridgehead atoms. The Hall–Kier alpha value is -2.91. The van der Waals surface area contributed by atoms with Gasteiger partial charge in [0.2, 0.25) is 5.91 Å². The van der Waals surface area contributed by atoms with Gasteiger partial charge in [0.25, 0.3) is 0 Å². The van der Waals surface area contributed by atoms with E-state index in [0.717, 1.165) is 41.1 Å². The van der Waals surface area contributed by atoms with Gasteiger partial charge in [-0.2, -0.15) is 0 Å². The molecule has 1 amide bonds. The molecule has 9 heteroatoms. The van der Waals surface area contributed by atoms with Gasteiger partial charge in [0.1, 0.15) is 0 Å². The quantitative estimate of drug-likeness (QED) is 0.378. The van der Waals surface area contributed by atoms with Gasteiger partial charge in [-0.3, -0.25) is 14.3 Å². The monoisotopic (exact) mass is 493 g/mol. The Balaban J connectivity index is 1.34. The summed E-state index contributed by atoms with van der Waals surface area (Å²) in [6, 6.07) is 21.5. The minimum absolute atomic E-state index is 0.0956. The zero-order valence-electron chi connectivity index (χ0n) is 18.5. The highest BCUT2D eigenvalue weighted by Crippen LogP contribution is 2.26. The second-order valence-electron chi connectivity index (χ2n) is 7.96. The van der Waals surface area contributed by atoms with Crippen LogP contribution in [0.4, 0.5) is 5.69 Å². The molecule has 2 heterocycles. The SMILES string of the molecule is O=C(CSc1nnc(CN2CCOCC2)n1-c1ccc(Cl)cc1)Nc1cccc2ccccc12. The maximum atomic E-state index is 12.8. The number of hydrogen-bond donors (Lipinski definition) is 1. The summed E-state index contributed by atoms with van der Waals surface area (Å²) in [5.41, 5.74) is 1.71. The van der Waals surface area contributed by atoms with Crippen molar-refractivity contribution in [3.8, 4) is 5.69 Å². The van der Waals surface area contributed by atoms with Crippen molar-refractivity contribution in [2.45, 2.75) is 11.7 Å². The number of aromatic nitrogens is 3. The lowest BCUT2D eigenvalue weighted by Crippen LogP contribution is -2.36. The van der Waals surface area contributed by atoms with Crippen molar-refractivity contribution >= 4 is 45.7 Å². The van der Waals surface area contributed by atoms with Crippen LogP contribution in [0.5, 0.6) is 0 Å². The van der Waals surface area contributed by atoms with Crippen LogP contribution in [0.2, 0.25) is 5.02 Å². The van der Waals surface area contributed by atoms with Gasteiger partial charge in [-0.05, 0) is 35.7 Å². The van der Waals surface area contributed by atoms with E-state index < -0.39 is 0 Å². The number of amides is 1. The normalized spacial score (nSPS) is 14.4. The van der Waals surface area contributed by atoms with Crippen molar-refractivity contribution in [3.63, 3.8) is 0 Å². The molecule has 0 aliphatic carbocycles. The van der Waals surface area contributed by atoms with Gasteiger partial charge in [-0.15, -0.1) is 10.2 Å². The summed E-state index contributed by atoms with van der Waals surface area (Å²) in [6.45, 7) is 3.78. The van der Waals surface area contributed by atoms with Crippen molar-refractivity contribution < 1.29 is 9.53 Å². The van der Waals surface area contributed by atoms with E-state index in [1.807, 2.05) is 71.3 Å². The molecule has 0 radical (unpaired) electrons. The molecule has 0 spiro atoms. The Kier molecular flexibility index (Phi) is 7.10. The minimum Gasteiger partial charge on any atom is -0.379 e. The van der Waals surface area contributed by atoms with E-state index in [1.54, 1.807) is 0 Å². The molecule has 0 atom stereocenters. The molecule has 1 aliphatic rings. The number of benzene rings is 3. The van der Waals surface area contributed by atoms with Gasteiger partial charge < -0.3 is 10.1 Å². The summed E-state index contributed by atoms with van der Waals surface area (Å²) in [4.78, 5) is 15.1. The lowest BCUT2D eigenvalue weighted by Gasteiger charge is -2.26. The number of ether oxygens (including phenoxy) is 1. The third-order valence-electron chi connectivity index (χ3n) is 5.65. The molecule has 0 unspecified atom stereocenters. The first kappa shape index (κ1) is 22.9. The summed E-state index contributed by atoms with van der Waals surface area (Å²) in [5, 5.41) is 15.3. The van der Waals surface area contributed by atoms with Crippen molar-refractivity contribution in [1.82, 2.24) is 19.7 Å². The number of nitrogens with one attached hydrogen (secondary N) is 1. The molecule has 7 nitrogen and oxygen atoms in total. The maximum absolute atomic E-state index is 12.8. The Labute approximate surface area is 207 Å². The van der Waals surface area contributed by atoms with Crippen LogP contribution >= 0.6 is 23.4 Å². The summed E-state index contributed by atoms with van der Waals surface area (Å²) >= 11 is 7.47. The zero-order valence-corrected chi connectivity index (χ0v) is 20.1. The Morgan fingerprint density at radius 3 is 2.59 bits per heavy atom. The molecule has 34 heavy (non-hydrogen) atoms. The number of fused-ring (bicyclic) bond motifs is 1. The van der Waals surface area contributed by atoms with E-state index in [4.69, 9.17) is 16.3 Å². The third-order valence-corrected chi connectivity index (χ3v) is 6.83. The second-order valence-corrected chi connectivity index (χ2v) is 9.34. The van der Waals surface area contributed by atoms with Crippen LogP contribution in [-0.2, 0) is 16.1 Å². The number of anilines is 1. The molecule has 4 aromatic rings. The van der Waals surface area contributed by atoms with Gasteiger partial charge in [0, 0.05) is 34.9 Å². The standard InChI is InChI=1S/C25H24ClN5O2S/c26-19-8-10-20(11-9-19)31-23(16-30-12-14-33-15-13-30)28-29-25(31)34-17-24(32)27-22-7-3-5-18-4-1-2-6-21(18)22/h1-11H,12-17H2,(H,27,32). The van der Waals surface area contributed by atoms with Gasteiger partial charge in [0.05, 0.1) is 25.5 Å². The first-order valence-electron chi connectivity index (χ1n) is 11.1. The van der Waals surface area contributed by atoms with Crippen LogP contribution in [0.15, 0.2) is 71.9 Å². The summed E-state index contributed by atoms with van der Waals surface area (Å²) < 4.78 is 7.47. The highest BCUT2D eigenvalue weighted by atomic mass is 35.5. The lowest BCUT2D eigenvalue weighted by molar-refractivity contribution is -0.113. The fraction of sp³-hybridized carbons (Fsp3) is 0.240. The summed E-state index contributed by atoms with van der Waals surface area (Å²) in [5.74, 6) is 0.940. The Bertz CT molecular complexity index is 1280. The van der Waals surface area contributed by atoms with Crippen LogP contribution < -0.4 is 5.32 Å². The molecule has 1 saturated heterocycles. The number of thioether (sulfide) groups is 1. The molecule has 5 rings (SSSR count). The average Bonchev–Trinajstić information content (AvgIpc) is 3.26. The Morgan fingerprint density at radius 1 is 1.00 bits per heavy atom. The zero-order chi connectivity index (χ0) is 23.3. The minimum atomic E-state index is -0.0956. The number of halogens is 1. The smallest absolute Gasteiger partial charge is 0.234 e. The molecule has 3 aromatic carbocycles. The largest absolute Gasteiger partial charge is 0.379 e. The van der Waals surface area contributed by atoms with Crippen LogP contribution in [0.3, 0.4) is 0 Å². The number of hydrogen-bond acceptors (Lipinski definition) is 6. The van der Waals surface area contributed by atoms with Gasteiger partial charge in [-0.25, -0.2) is 0 Å². The van der Waals surface area contributed by atoms with Crippen molar-refractivity contribution in [3.05, 3.63) is 77.6 Å². The molecule has 0 saturated carbocycles. The summed E-state index contributed by atoms with van der Waals surface area (Å²) in [7, 11) is 0. The van der Waals surface area contributed by atoms with E-state index in [2.05, 4.69) is 20.4 Å². The van der Waals surface area contributed by atoms with E-state index in [-0.39, 0.29) is 11.7 Å². The fourth-order valence-corrected chi connectivity index (χ4v) is 4.85. The highest BCUT2D eigenvalue weighted by molar-refractivity contribution is 7.99. The van der Waals surface area contributed by atoms with Crippen LogP contribution in [0.1, 0.15) is 5.82 Å². The van der Waals surface area contributed by atoms with Gasteiger partial charge >= 0.3 is 0 Å².